The average Bonchev–Trinajstić information content (AvgIpc) is 2.72. The van der Waals surface area contributed by atoms with Crippen molar-refractivity contribution in [3.8, 4) is 6.07 Å². The van der Waals surface area contributed by atoms with Crippen LogP contribution >= 0.6 is 11.8 Å². The molecule has 0 saturated heterocycles. The summed E-state index contributed by atoms with van der Waals surface area (Å²) in [4.78, 5) is 28.1. The fourth-order valence-electron chi connectivity index (χ4n) is 2.43. The summed E-state index contributed by atoms with van der Waals surface area (Å²) in [5, 5.41) is 12.3. The zero-order chi connectivity index (χ0) is 22.9. The molecule has 0 fully saturated rings. The molecule has 0 aromatic heterocycles. The van der Waals surface area contributed by atoms with Gasteiger partial charge < -0.3 is 15.8 Å². The van der Waals surface area contributed by atoms with Crippen LogP contribution in [0.25, 0.3) is 0 Å². The Balaban J connectivity index is 2.22. The second kappa shape index (κ2) is 11.2. The van der Waals surface area contributed by atoms with Crippen LogP contribution in [0.15, 0.2) is 76.2 Å². The monoisotopic (exact) mass is 438 g/mol. The Hall–Kier alpha value is -3.28. The Labute approximate surface area is 186 Å². The van der Waals surface area contributed by atoms with E-state index >= 15 is 0 Å². The molecule has 0 atom stereocenters. The number of nitrogens with two attached hydrogens (primary N) is 1. The molecule has 2 rings (SSSR count). The third-order valence-electron chi connectivity index (χ3n) is 3.75. The molecule has 0 saturated carbocycles. The Kier molecular flexibility index (Phi) is 8.67. The van der Waals surface area contributed by atoms with Crippen molar-refractivity contribution in [2.45, 2.75) is 36.2 Å². The number of carbonyl (C=O) groups excluding carboxylic acids is 2. The van der Waals surface area contributed by atoms with Gasteiger partial charge in [-0.05, 0) is 45.0 Å². The van der Waals surface area contributed by atoms with E-state index in [9.17, 15) is 14.9 Å². The van der Waals surface area contributed by atoms with Gasteiger partial charge in [0.25, 0.3) is 5.91 Å². The number of anilines is 1. The SMILES string of the molecule is CC(C)(C)OC(=O)N(/C=C(/C#N)C(=O)Nc1ccccc1Sc1ccccc1)CCN. The van der Waals surface area contributed by atoms with E-state index in [0.717, 1.165) is 14.7 Å². The van der Waals surface area contributed by atoms with E-state index in [1.165, 1.54) is 18.0 Å². The molecule has 2 aromatic rings. The van der Waals surface area contributed by atoms with Gasteiger partial charge in [-0.15, -0.1) is 0 Å². The maximum atomic E-state index is 12.8. The number of benzene rings is 2. The summed E-state index contributed by atoms with van der Waals surface area (Å²) in [6, 6.07) is 18.9. The summed E-state index contributed by atoms with van der Waals surface area (Å²) in [5.74, 6) is -0.630. The van der Waals surface area contributed by atoms with Gasteiger partial charge >= 0.3 is 6.09 Å². The van der Waals surface area contributed by atoms with Gasteiger partial charge in [0.15, 0.2) is 0 Å². The van der Waals surface area contributed by atoms with Gasteiger partial charge in [-0.25, -0.2) is 4.79 Å². The summed E-state index contributed by atoms with van der Waals surface area (Å²) < 4.78 is 5.32. The molecule has 31 heavy (non-hydrogen) atoms. The number of rotatable bonds is 7. The van der Waals surface area contributed by atoms with Crippen LogP contribution in [-0.2, 0) is 9.53 Å². The predicted molar refractivity (Wildman–Crippen MR) is 121 cm³/mol. The topological polar surface area (TPSA) is 108 Å². The van der Waals surface area contributed by atoms with Crippen molar-refractivity contribution in [1.82, 2.24) is 4.90 Å². The number of nitrogens with one attached hydrogen (secondary N) is 1. The van der Waals surface area contributed by atoms with Gasteiger partial charge in [-0.2, -0.15) is 5.26 Å². The average molecular weight is 439 g/mol. The molecular formula is C23H26N4O3S. The zero-order valence-corrected chi connectivity index (χ0v) is 18.6. The first-order valence-corrected chi connectivity index (χ1v) is 10.5. The second-order valence-electron chi connectivity index (χ2n) is 7.48. The normalized spacial score (nSPS) is 11.4. The fourth-order valence-corrected chi connectivity index (χ4v) is 3.35. The highest BCUT2D eigenvalue weighted by atomic mass is 32.2. The predicted octanol–water partition coefficient (Wildman–Crippen LogP) is 4.38. The number of carbonyl (C=O) groups is 2. The quantitative estimate of drug-likeness (QED) is 0.491. The first kappa shape index (κ1) is 24.0. The van der Waals surface area contributed by atoms with Crippen LogP contribution in [0.1, 0.15) is 20.8 Å². The van der Waals surface area contributed by atoms with E-state index in [0.29, 0.717) is 5.69 Å². The molecule has 0 radical (unpaired) electrons. The summed E-state index contributed by atoms with van der Waals surface area (Å²) in [5.41, 5.74) is 5.18. The van der Waals surface area contributed by atoms with Crippen molar-refractivity contribution in [1.29, 1.82) is 5.26 Å². The first-order valence-electron chi connectivity index (χ1n) is 9.68. The molecule has 7 nitrogen and oxygen atoms in total. The first-order chi connectivity index (χ1) is 14.7. The van der Waals surface area contributed by atoms with Crippen LogP contribution in [0, 0.1) is 11.3 Å². The molecule has 8 heteroatoms. The van der Waals surface area contributed by atoms with Crippen LogP contribution in [0.5, 0.6) is 0 Å². The molecule has 0 unspecified atom stereocenters. The van der Waals surface area contributed by atoms with Crippen LogP contribution in [-0.4, -0.2) is 35.6 Å². The Morgan fingerprint density at radius 2 is 1.81 bits per heavy atom. The van der Waals surface area contributed by atoms with Crippen molar-refractivity contribution in [3.05, 3.63) is 66.4 Å². The Morgan fingerprint density at radius 3 is 2.42 bits per heavy atom. The number of hydrogen-bond donors (Lipinski definition) is 2. The molecule has 0 aliphatic rings. The van der Waals surface area contributed by atoms with Gasteiger partial charge in [0.1, 0.15) is 17.2 Å². The van der Waals surface area contributed by atoms with Crippen molar-refractivity contribution < 1.29 is 14.3 Å². The van der Waals surface area contributed by atoms with Gasteiger partial charge in [-0.1, -0.05) is 42.1 Å². The van der Waals surface area contributed by atoms with Crippen LogP contribution in [0.4, 0.5) is 10.5 Å². The third-order valence-corrected chi connectivity index (χ3v) is 4.84. The maximum absolute atomic E-state index is 12.8. The molecule has 3 N–H and O–H groups in total. The Morgan fingerprint density at radius 1 is 1.16 bits per heavy atom. The lowest BCUT2D eigenvalue weighted by atomic mass is 10.2. The minimum atomic E-state index is -0.722. The smallest absolute Gasteiger partial charge is 0.414 e. The van der Waals surface area contributed by atoms with E-state index in [1.54, 1.807) is 32.9 Å². The molecule has 0 aliphatic carbocycles. The number of ether oxygens (including phenoxy) is 1. The van der Waals surface area contributed by atoms with Crippen LogP contribution in [0.3, 0.4) is 0 Å². The van der Waals surface area contributed by atoms with Crippen LogP contribution in [0.2, 0.25) is 0 Å². The third kappa shape index (κ3) is 7.81. The second-order valence-corrected chi connectivity index (χ2v) is 8.60. The highest BCUT2D eigenvalue weighted by Crippen LogP contribution is 2.33. The lowest BCUT2D eigenvalue weighted by Gasteiger charge is -2.25. The van der Waals surface area contributed by atoms with E-state index in [2.05, 4.69) is 5.32 Å². The van der Waals surface area contributed by atoms with Gasteiger partial charge in [0.2, 0.25) is 0 Å². The zero-order valence-electron chi connectivity index (χ0n) is 17.8. The molecule has 0 heterocycles. The number of nitrogens with zero attached hydrogens (tertiary/aromatic N) is 2. The van der Waals surface area contributed by atoms with Gasteiger partial charge in [0.05, 0.1) is 5.69 Å². The molecule has 2 amide bonds. The van der Waals surface area contributed by atoms with Gasteiger partial charge in [-0.3, -0.25) is 9.69 Å². The van der Waals surface area contributed by atoms with E-state index in [1.807, 2.05) is 48.5 Å². The molecular weight excluding hydrogens is 412 g/mol. The highest BCUT2D eigenvalue weighted by molar-refractivity contribution is 7.99. The van der Waals surface area contributed by atoms with Crippen molar-refractivity contribution in [3.63, 3.8) is 0 Å². The number of hydrogen-bond acceptors (Lipinski definition) is 6. The lowest BCUT2D eigenvalue weighted by molar-refractivity contribution is -0.112. The van der Waals surface area contributed by atoms with Crippen LogP contribution < -0.4 is 11.1 Å². The maximum Gasteiger partial charge on any atom is 0.414 e. The lowest BCUT2D eigenvalue weighted by Crippen LogP contribution is -2.37. The number of para-hydroxylation sites is 1. The molecule has 162 valence electrons. The number of nitriles is 1. The van der Waals surface area contributed by atoms with E-state index < -0.39 is 17.6 Å². The van der Waals surface area contributed by atoms with E-state index in [-0.39, 0.29) is 18.7 Å². The molecule has 0 spiro atoms. The molecule has 0 aliphatic heterocycles. The largest absolute Gasteiger partial charge is 0.443 e. The molecule has 0 bridgehead atoms. The fraction of sp³-hybridized carbons (Fsp3) is 0.261. The van der Waals surface area contributed by atoms with Gasteiger partial charge in [0, 0.05) is 29.1 Å². The standard InChI is InChI=1S/C23H26N4O3S/c1-23(2,3)30-22(29)27(14-13-24)16-17(15-25)21(28)26-19-11-7-8-12-20(19)31-18-9-5-4-6-10-18/h4-12,16H,13-14,24H2,1-3H3,(H,26,28)/b17-16-. The highest BCUT2D eigenvalue weighted by Gasteiger charge is 2.22. The van der Waals surface area contributed by atoms with E-state index in [4.69, 9.17) is 10.5 Å². The number of amides is 2. The summed E-state index contributed by atoms with van der Waals surface area (Å²) >= 11 is 1.49. The van der Waals surface area contributed by atoms with Crippen molar-refractivity contribution in [2.24, 2.45) is 5.73 Å². The van der Waals surface area contributed by atoms with Crippen molar-refractivity contribution in [2.75, 3.05) is 18.4 Å². The summed E-state index contributed by atoms with van der Waals surface area (Å²) in [6.07, 6.45) is 0.488. The van der Waals surface area contributed by atoms with Crippen molar-refractivity contribution >= 4 is 29.4 Å². The molecule has 2 aromatic carbocycles. The minimum Gasteiger partial charge on any atom is -0.443 e. The Bertz CT molecular complexity index is 978. The summed E-state index contributed by atoms with van der Waals surface area (Å²) in [6.45, 7) is 5.44. The minimum absolute atomic E-state index is 0.105. The summed E-state index contributed by atoms with van der Waals surface area (Å²) in [7, 11) is 0.